The molecule has 3 aromatic carbocycles. The molecule has 34 heavy (non-hydrogen) atoms. The summed E-state index contributed by atoms with van der Waals surface area (Å²) in [6, 6.07) is 22.9. The zero-order valence-electron chi connectivity index (χ0n) is 19.5. The Balaban J connectivity index is 1.71. The first-order valence-electron chi connectivity index (χ1n) is 10.9. The third-order valence-corrected chi connectivity index (χ3v) is 4.83. The highest BCUT2D eigenvalue weighted by Gasteiger charge is 2.18. The van der Waals surface area contributed by atoms with Crippen LogP contribution in [0, 0.1) is 0 Å². The SMILES string of the molecule is CC(C)(C)NC(=O)NCCN(C(=O)Nc1ccc(Cl)cc1)c1ccc(Oc2ccccc2)cc1. The monoisotopic (exact) mass is 480 g/mol. The molecule has 0 aliphatic heterocycles. The number of rotatable bonds is 7. The molecule has 0 aliphatic carbocycles. The van der Waals surface area contributed by atoms with Crippen molar-refractivity contribution in [3.63, 3.8) is 0 Å². The van der Waals surface area contributed by atoms with E-state index in [4.69, 9.17) is 16.3 Å². The molecule has 7 nitrogen and oxygen atoms in total. The van der Waals surface area contributed by atoms with Gasteiger partial charge < -0.3 is 20.7 Å². The van der Waals surface area contributed by atoms with Crippen LogP contribution in [0.2, 0.25) is 5.02 Å². The second-order valence-electron chi connectivity index (χ2n) is 8.63. The van der Waals surface area contributed by atoms with Crippen molar-refractivity contribution in [1.82, 2.24) is 10.6 Å². The summed E-state index contributed by atoms with van der Waals surface area (Å²) in [4.78, 5) is 26.8. The number of hydrogen-bond donors (Lipinski definition) is 3. The Morgan fingerprint density at radius 3 is 2.12 bits per heavy atom. The molecule has 4 amide bonds. The van der Waals surface area contributed by atoms with E-state index in [1.54, 1.807) is 53.4 Å². The van der Waals surface area contributed by atoms with Crippen LogP contribution in [0.15, 0.2) is 78.9 Å². The smallest absolute Gasteiger partial charge is 0.326 e. The molecule has 0 fully saturated rings. The van der Waals surface area contributed by atoms with Gasteiger partial charge in [-0.25, -0.2) is 9.59 Å². The molecule has 0 spiro atoms. The second-order valence-corrected chi connectivity index (χ2v) is 9.07. The Morgan fingerprint density at radius 1 is 0.882 bits per heavy atom. The van der Waals surface area contributed by atoms with Gasteiger partial charge in [0, 0.05) is 35.0 Å². The summed E-state index contributed by atoms with van der Waals surface area (Å²) >= 11 is 5.94. The van der Waals surface area contributed by atoms with E-state index in [2.05, 4.69) is 16.0 Å². The van der Waals surface area contributed by atoms with Gasteiger partial charge in [-0.15, -0.1) is 0 Å². The van der Waals surface area contributed by atoms with Gasteiger partial charge in [0.1, 0.15) is 11.5 Å². The molecule has 3 rings (SSSR count). The molecule has 0 aromatic heterocycles. The third-order valence-electron chi connectivity index (χ3n) is 4.58. The second kappa shape index (κ2) is 11.4. The Kier molecular flexibility index (Phi) is 8.38. The summed E-state index contributed by atoms with van der Waals surface area (Å²) in [6.45, 7) is 6.22. The van der Waals surface area contributed by atoms with Crippen LogP contribution < -0.4 is 25.6 Å². The zero-order chi connectivity index (χ0) is 24.6. The van der Waals surface area contributed by atoms with Crippen LogP contribution in [0.5, 0.6) is 11.5 Å². The topological polar surface area (TPSA) is 82.7 Å². The van der Waals surface area contributed by atoms with Gasteiger partial charge in [-0.05, 0) is 81.4 Å². The van der Waals surface area contributed by atoms with E-state index in [1.165, 1.54) is 0 Å². The number of ether oxygens (including phenoxy) is 1. The Bertz CT molecular complexity index is 1080. The highest BCUT2D eigenvalue weighted by Crippen LogP contribution is 2.25. The fourth-order valence-electron chi connectivity index (χ4n) is 3.06. The number of carbonyl (C=O) groups excluding carboxylic acids is 2. The lowest BCUT2D eigenvalue weighted by Gasteiger charge is -2.25. The van der Waals surface area contributed by atoms with Gasteiger partial charge in [-0.3, -0.25) is 4.90 Å². The van der Waals surface area contributed by atoms with Gasteiger partial charge in [-0.2, -0.15) is 0 Å². The number of para-hydroxylation sites is 1. The van der Waals surface area contributed by atoms with Gasteiger partial charge in [0.25, 0.3) is 0 Å². The van der Waals surface area contributed by atoms with Crippen LogP contribution in [0.25, 0.3) is 0 Å². The van der Waals surface area contributed by atoms with Crippen molar-refractivity contribution >= 4 is 35.0 Å². The average molecular weight is 481 g/mol. The van der Waals surface area contributed by atoms with Crippen molar-refractivity contribution in [2.75, 3.05) is 23.3 Å². The minimum atomic E-state index is -0.357. The number of anilines is 2. The lowest BCUT2D eigenvalue weighted by atomic mass is 10.1. The van der Waals surface area contributed by atoms with E-state index >= 15 is 0 Å². The highest BCUT2D eigenvalue weighted by atomic mass is 35.5. The maximum absolute atomic E-state index is 13.1. The lowest BCUT2D eigenvalue weighted by Crippen LogP contribution is -2.48. The predicted molar refractivity (Wildman–Crippen MR) is 137 cm³/mol. The predicted octanol–water partition coefficient (Wildman–Crippen LogP) is 6.27. The number of urea groups is 2. The van der Waals surface area contributed by atoms with Crippen LogP contribution in [0.4, 0.5) is 21.0 Å². The van der Waals surface area contributed by atoms with Crippen molar-refractivity contribution in [2.24, 2.45) is 0 Å². The molecule has 178 valence electrons. The van der Waals surface area contributed by atoms with Gasteiger partial charge in [0.15, 0.2) is 0 Å². The van der Waals surface area contributed by atoms with Gasteiger partial charge >= 0.3 is 12.1 Å². The number of nitrogens with zero attached hydrogens (tertiary/aromatic N) is 1. The number of halogens is 1. The maximum Gasteiger partial charge on any atom is 0.326 e. The van der Waals surface area contributed by atoms with Crippen LogP contribution >= 0.6 is 11.6 Å². The molecule has 0 unspecified atom stereocenters. The first-order valence-corrected chi connectivity index (χ1v) is 11.3. The number of hydrogen-bond acceptors (Lipinski definition) is 3. The number of carbonyl (C=O) groups is 2. The number of nitrogens with one attached hydrogen (secondary N) is 3. The van der Waals surface area contributed by atoms with Crippen LogP contribution in [0.3, 0.4) is 0 Å². The Morgan fingerprint density at radius 2 is 1.50 bits per heavy atom. The quantitative estimate of drug-likeness (QED) is 0.372. The Hall–Kier alpha value is -3.71. The number of amides is 4. The molecular weight excluding hydrogens is 452 g/mol. The maximum atomic E-state index is 13.1. The summed E-state index contributed by atoms with van der Waals surface area (Å²) in [5.41, 5.74) is 0.913. The standard InChI is InChI=1S/C26H29ClN4O3/c1-26(2,3)30-24(32)28-17-18-31(25(33)29-20-11-9-19(27)10-12-20)21-13-15-23(16-14-21)34-22-7-5-4-6-8-22/h4-16H,17-18H2,1-3H3,(H,29,33)(H2,28,30,32). The van der Waals surface area contributed by atoms with Crippen LogP contribution in [0.1, 0.15) is 20.8 Å². The first kappa shape index (κ1) is 24.9. The Labute approximate surface area is 205 Å². The molecular formula is C26H29ClN4O3. The van der Waals surface area contributed by atoms with Gasteiger partial charge in [-0.1, -0.05) is 29.8 Å². The summed E-state index contributed by atoms with van der Waals surface area (Å²) in [7, 11) is 0. The molecule has 0 saturated heterocycles. The van der Waals surface area contributed by atoms with Crippen molar-refractivity contribution in [3.05, 3.63) is 83.9 Å². The van der Waals surface area contributed by atoms with Crippen LogP contribution in [-0.4, -0.2) is 30.7 Å². The minimum absolute atomic E-state index is 0.260. The molecule has 0 bridgehead atoms. The molecule has 8 heteroatoms. The molecule has 0 radical (unpaired) electrons. The van der Waals surface area contributed by atoms with Crippen molar-refractivity contribution < 1.29 is 14.3 Å². The normalized spacial score (nSPS) is 10.8. The van der Waals surface area contributed by atoms with Gasteiger partial charge in [0.05, 0.1) is 0 Å². The third kappa shape index (κ3) is 8.01. The molecule has 3 N–H and O–H groups in total. The average Bonchev–Trinajstić information content (AvgIpc) is 2.78. The zero-order valence-corrected chi connectivity index (χ0v) is 20.2. The van der Waals surface area contributed by atoms with E-state index in [9.17, 15) is 9.59 Å². The summed E-state index contributed by atoms with van der Waals surface area (Å²) < 4.78 is 5.84. The van der Waals surface area contributed by atoms with E-state index in [-0.39, 0.29) is 30.7 Å². The van der Waals surface area contributed by atoms with E-state index in [0.717, 1.165) is 5.75 Å². The van der Waals surface area contributed by atoms with E-state index in [0.29, 0.717) is 22.1 Å². The molecule has 0 atom stereocenters. The molecule has 0 heterocycles. The van der Waals surface area contributed by atoms with E-state index < -0.39 is 0 Å². The number of benzene rings is 3. The van der Waals surface area contributed by atoms with E-state index in [1.807, 2.05) is 51.1 Å². The fraction of sp³-hybridized carbons (Fsp3) is 0.231. The first-order chi connectivity index (χ1) is 16.2. The summed E-state index contributed by atoms with van der Waals surface area (Å²) in [6.07, 6.45) is 0. The summed E-state index contributed by atoms with van der Waals surface area (Å²) in [5.74, 6) is 1.37. The largest absolute Gasteiger partial charge is 0.457 e. The minimum Gasteiger partial charge on any atom is -0.457 e. The lowest BCUT2D eigenvalue weighted by molar-refractivity contribution is 0.232. The molecule has 0 aliphatic rings. The van der Waals surface area contributed by atoms with Crippen molar-refractivity contribution in [3.8, 4) is 11.5 Å². The van der Waals surface area contributed by atoms with Crippen molar-refractivity contribution in [2.45, 2.75) is 26.3 Å². The summed E-state index contributed by atoms with van der Waals surface area (Å²) in [5, 5.41) is 9.08. The van der Waals surface area contributed by atoms with Crippen LogP contribution in [-0.2, 0) is 0 Å². The fourth-order valence-corrected chi connectivity index (χ4v) is 3.18. The van der Waals surface area contributed by atoms with Crippen molar-refractivity contribution in [1.29, 1.82) is 0 Å². The van der Waals surface area contributed by atoms with Gasteiger partial charge in [0.2, 0.25) is 0 Å². The molecule has 3 aromatic rings. The molecule has 0 saturated carbocycles. The highest BCUT2D eigenvalue weighted by molar-refractivity contribution is 6.30.